The van der Waals surface area contributed by atoms with Crippen LogP contribution in [0.15, 0.2) is 24.3 Å². The Balaban J connectivity index is 2.80. The minimum Gasteiger partial charge on any atom is -0.440 e. The van der Waals surface area contributed by atoms with Crippen LogP contribution in [0, 0.1) is 0 Å². The van der Waals surface area contributed by atoms with Crippen molar-refractivity contribution in [2.75, 3.05) is 19.0 Å². The van der Waals surface area contributed by atoms with Crippen molar-refractivity contribution in [1.29, 1.82) is 0 Å². The molecule has 0 saturated carbocycles. The van der Waals surface area contributed by atoms with Gasteiger partial charge in [0.25, 0.3) is 0 Å². The van der Waals surface area contributed by atoms with E-state index in [1.807, 2.05) is 26.0 Å². The van der Waals surface area contributed by atoms with E-state index in [0.29, 0.717) is 36.7 Å². The predicted octanol–water partition coefficient (Wildman–Crippen LogP) is 3.31. The number of ketones is 1. The van der Waals surface area contributed by atoms with Gasteiger partial charge in [0.15, 0.2) is 5.78 Å². The maximum absolute atomic E-state index is 12.1. The number of rotatable bonds is 10. The Hall–Kier alpha value is -1.04. The summed E-state index contributed by atoms with van der Waals surface area (Å²) in [5, 5.41) is 0. The normalized spacial score (nSPS) is 10.8. The van der Waals surface area contributed by atoms with Crippen LogP contribution in [0.25, 0.3) is 0 Å². The molecule has 0 aliphatic heterocycles. The van der Waals surface area contributed by atoms with Gasteiger partial charge in [-0.25, -0.2) is 0 Å². The standard InChI is InChI=1S/C15H22O4S/c1-3-17-15(18-4-2)19-14-10-6-5-8-12(14)13(16)9-7-11-20/h5-6,8,10,15,20H,3-4,7,9,11H2,1-2H3. The van der Waals surface area contributed by atoms with E-state index in [0.717, 1.165) is 6.42 Å². The minimum atomic E-state index is -0.788. The molecule has 0 heterocycles. The van der Waals surface area contributed by atoms with Crippen LogP contribution in [-0.2, 0) is 9.47 Å². The van der Waals surface area contributed by atoms with E-state index in [-0.39, 0.29) is 5.78 Å². The van der Waals surface area contributed by atoms with E-state index in [9.17, 15) is 4.79 Å². The fourth-order valence-corrected chi connectivity index (χ4v) is 1.82. The van der Waals surface area contributed by atoms with Gasteiger partial charge in [-0.15, -0.1) is 0 Å². The van der Waals surface area contributed by atoms with Crippen molar-refractivity contribution in [3.8, 4) is 5.75 Å². The molecule has 0 amide bonds. The van der Waals surface area contributed by atoms with Gasteiger partial charge in [-0.3, -0.25) is 4.79 Å². The van der Waals surface area contributed by atoms with Crippen molar-refractivity contribution >= 4 is 18.4 Å². The molecule has 0 aromatic heterocycles. The third-order valence-corrected chi connectivity index (χ3v) is 2.89. The van der Waals surface area contributed by atoms with Crippen LogP contribution >= 0.6 is 12.6 Å². The first-order valence-corrected chi connectivity index (χ1v) is 7.49. The number of carbonyl (C=O) groups is 1. The summed E-state index contributed by atoms with van der Waals surface area (Å²) in [6.45, 7) is 3.88. The van der Waals surface area contributed by atoms with Crippen LogP contribution in [0.1, 0.15) is 37.0 Å². The molecule has 0 fully saturated rings. The molecule has 0 bridgehead atoms. The fraction of sp³-hybridized carbons (Fsp3) is 0.533. The molecule has 0 radical (unpaired) electrons. The topological polar surface area (TPSA) is 44.8 Å². The monoisotopic (exact) mass is 298 g/mol. The lowest BCUT2D eigenvalue weighted by Crippen LogP contribution is -2.25. The lowest BCUT2D eigenvalue weighted by molar-refractivity contribution is -0.242. The molecule has 0 spiro atoms. The van der Waals surface area contributed by atoms with Crippen LogP contribution in [0.3, 0.4) is 0 Å². The molecule has 1 aromatic carbocycles. The highest BCUT2D eigenvalue weighted by molar-refractivity contribution is 7.80. The molecule has 112 valence electrons. The summed E-state index contributed by atoms with van der Waals surface area (Å²) in [4.78, 5) is 12.1. The third-order valence-electron chi connectivity index (χ3n) is 2.58. The summed E-state index contributed by atoms with van der Waals surface area (Å²) >= 11 is 4.12. The smallest absolute Gasteiger partial charge is 0.315 e. The van der Waals surface area contributed by atoms with Crippen LogP contribution in [-0.4, -0.2) is 31.2 Å². The SMILES string of the molecule is CCOC(OCC)Oc1ccccc1C(=O)CCCS. The van der Waals surface area contributed by atoms with Crippen molar-refractivity contribution in [3.63, 3.8) is 0 Å². The van der Waals surface area contributed by atoms with Crippen molar-refractivity contribution in [1.82, 2.24) is 0 Å². The zero-order chi connectivity index (χ0) is 14.8. The second-order valence-corrected chi connectivity index (χ2v) is 4.51. The Morgan fingerprint density at radius 1 is 1.20 bits per heavy atom. The summed E-state index contributed by atoms with van der Waals surface area (Å²) in [5.41, 5.74) is 0.554. The van der Waals surface area contributed by atoms with E-state index < -0.39 is 6.48 Å². The average Bonchev–Trinajstić information content (AvgIpc) is 2.46. The highest BCUT2D eigenvalue weighted by Gasteiger charge is 2.16. The van der Waals surface area contributed by atoms with Gasteiger partial charge in [-0.2, -0.15) is 12.6 Å². The maximum atomic E-state index is 12.1. The minimum absolute atomic E-state index is 0.0430. The Bertz CT molecular complexity index is 403. The van der Waals surface area contributed by atoms with Gasteiger partial charge >= 0.3 is 6.48 Å². The largest absolute Gasteiger partial charge is 0.440 e. The molecule has 0 N–H and O–H groups in total. The number of Topliss-reactive ketones (excluding diaryl/α,β-unsaturated/α-hetero) is 1. The van der Waals surface area contributed by atoms with E-state index in [2.05, 4.69) is 12.6 Å². The second kappa shape index (κ2) is 9.80. The first kappa shape index (κ1) is 17.0. The van der Waals surface area contributed by atoms with Crippen LogP contribution in [0.2, 0.25) is 0 Å². The number of para-hydroxylation sites is 1. The summed E-state index contributed by atoms with van der Waals surface area (Å²) < 4.78 is 16.3. The molecule has 0 aliphatic rings. The van der Waals surface area contributed by atoms with Gasteiger partial charge in [0.05, 0.1) is 18.8 Å². The highest BCUT2D eigenvalue weighted by atomic mass is 32.1. The number of hydrogen-bond acceptors (Lipinski definition) is 5. The Morgan fingerprint density at radius 3 is 2.45 bits per heavy atom. The van der Waals surface area contributed by atoms with Gasteiger partial charge in [0.1, 0.15) is 5.75 Å². The lowest BCUT2D eigenvalue weighted by atomic mass is 10.1. The van der Waals surface area contributed by atoms with Crippen LogP contribution < -0.4 is 4.74 Å². The third kappa shape index (κ3) is 5.53. The number of benzene rings is 1. The molecule has 4 nitrogen and oxygen atoms in total. The van der Waals surface area contributed by atoms with E-state index in [4.69, 9.17) is 14.2 Å². The Kier molecular flexibility index (Phi) is 8.34. The number of carbonyl (C=O) groups excluding carboxylic acids is 1. The van der Waals surface area contributed by atoms with Gasteiger partial charge in [-0.1, -0.05) is 12.1 Å². The molecule has 1 rings (SSSR count). The first-order valence-electron chi connectivity index (χ1n) is 6.85. The molecule has 0 aliphatic carbocycles. The molecule has 5 heteroatoms. The van der Waals surface area contributed by atoms with E-state index >= 15 is 0 Å². The molecule has 20 heavy (non-hydrogen) atoms. The Morgan fingerprint density at radius 2 is 1.85 bits per heavy atom. The zero-order valence-corrected chi connectivity index (χ0v) is 12.9. The molecule has 0 saturated heterocycles. The van der Waals surface area contributed by atoms with Gasteiger partial charge in [0.2, 0.25) is 0 Å². The molecular formula is C15H22O4S. The zero-order valence-electron chi connectivity index (χ0n) is 12.0. The number of hydrogen-bond donors (Lipinski definition) is 1. The van der Waals surface area contributed by atoms with Crippen LogP contribution in [0.4, 0.5) is 0 Å². The van der Waals surface area contributed by atoms with E-state index in [1.54, 1.807) is 12.1 Å². The molecule has 0 atom stereocenters. The van der Waals surface area contributed by atoms with Crippen molar-refractivity contribution in [2.24, 2.45) is 0 Å². The fourth-order valence-electron chi connectivity index (χ4n) is 1.67. The predicted molar refractivity (Wildman–Crippen MR) is 81.5 cm³/mol. The van der Waals surface area contributed by atoms with E-state index in [1.165, 1.54) is 0 Å². The molecule has 1 aromatic rings. The number of ether oxygens (including phenoxy) is 3. The van der Waals surface area contributed by atoms with Gasteiger partial charge in [-0.05, 0) is 38.2 Å². The van der Waals surface area contributed by atoms with Crippen molar-refractivity contribution in [2.45, 2.75) is 33.2 Å². The lowest BCUT2D eigenvalue weighted by Gasteiger charge is -2.19. The second-order valence-electron chi connectivity index (χ2n) is 4.06. The average molecular weight is 298 g/mol. The highest BCUT2D eigenvalue weighted by Crippen LogP contribution is 2.22. The van der Waals surface area contributed by atoms with Crippen molar-refractivity contribution < 1.29 is 19.0 Å². The number of thiol groups is 1. The van der Waals surface area contributed by atoms with Crippen LogP contribution in [0.5, 0.6) is 5.75 Å². The molecular weight excluding hydrogens is 276 g/mol. The quantitative estimate of drug-likeness (QED) is 0.409. The summed E-state index contributed by atoms with van der Waals surface area (Å²) in [5.74, 6) is 1.22. The Labute approximate surface area is 125 Å². The maximum Gasteiger partial charge on any atom is 0.315 e. The summed E-state index contributed by atoms with van der Waals surface area (Å²) in [6.07, 6.45) is 1.20. The van der Waals surface area contributed by atoms with Gasteiger partial charge in [0, 0.05) is 6.42 Å². The first-order chi connectivity index (χ1) is 9.72. The summed E-state index contributed by atoms with van der Waals surface area (Å²) in [7, 11) is 0. The van der Waals surface area contributed by atoms with Gasteiger partial charge < -0.3 is 14.2 Å². The molecule has 0 unspecified atom stereocenters. The summed E-state index contributed by atoms with van der Waals surface area (Å²) in [6, 6.07) is 7.14. The van der Waals surface area contributed by atoms with Crippen molar-refractivity contribution in [3.05, 3.63) is 29.8 Å².